The molecule has 0 unspecified atom stereocenters. The van der Waals surface area contributed by atoms with Crippen LogP contribution in [0.4, 0.5) is 11.4 Å². The predicted octanol–water partition coefficient (Wildman–Crippen LogP) is 11.2. The smallest absolute Gasteiger partial charge is 0.252 e. The zero-order valence-electron chi connectivity index (χ0n) is 32.0. The summed E-state index contributed by atoms with van der Waals surface area (Å²) in [5, 5.41) is 6.82. The first-order valence-corrected chi connectivity index (χ1v) is 19.3. The van der Waals surface area contributed by atoms with Crippen LogP contribution in [0.25, 0.3) is 49.9 Å². The Balaban J connectivity index is 1.45. The van der Waals surface area contributed by atoms with Crippen molar-refractivity contribution in [3.05, 3.63) is 125 Å². The minimum Gasteiger partial charge on any atom is -0.356 e. The Hall–Kier alpha value is -5.09. The van der Waals surface area contributed by atoms with E-state index in [1.165, 1.54) is 94.2 Å². The molecule has 52 heavy (non-hydrogen) atoms. The monoisotopic (exact) mass is 677 g/mol. The normalized spacial score (nSPS) is 13.1. The first kappa shape index (κ1) is 32.8. The number of fused-ring (bicyclic) bond motifs is 7. The Bertz CT molecular complexity index is 2570. The van der Waals surface area contributed by atoms with E-state index in [0.29, 0.717) is 23.7 Å². The van der Waals surface area contributed by atoms with Crippen molar-refractivity contribution in [1.29, 1.82) is 0 Å². The van der Waals surface area contributed by atoms with Crippen LogP contribution < -0.4 is 21.7 Å². The lowest BCUT2D eigenvalue weighted by molar-refractivity contribution is 0.865. The number of hydrogen-bond donors (Lipinski definition) is 1. The molecule has 3 nitrogen and oxygen atoms in total. The Morgan fingerprint density at radius 1 is 0.615 bits per heavy atom. The van der Waals surface area contributed by atoms with Crippen molar-refractivity contribution in [2.45, 2.75) is 86.0 Å². The Morgan fingerprint density at radius 3 is 1.98 bits per heavy atom. The number of benzene rings is 5. The number of pyridine rings is 1. The summed E-state index contributed by atoms with van der Waals surface area (Å²) in [7, 11) is 0. The molecule has 7 aromatic rings. The van der Waals surface area contributed by atoms with Crippen LogP contribution >= 0.6 is 0 Å². The highest BCUT2D eigenvalue weighted by molar-refractivity contribution is 7.00. The van der Waals surface area contributed by atoms with Crippen molar-refractivity contribution in [1.82, 2.24) is 9.55 Å². The van der Waals surface area contributed by atoms with E-state index >= 15 is 0 Å². The van der Waals surface area contributed by atoms with E-state index in [4.69, 9.17) is 4.98 Å². The maximum Gasteiger partial charge on any atom is 0.252 e. The van der Waals surface area contributed by atoms with E-state index in [0.717, 1.165) is 11.3 Å². The quantitative estimate of drug-likeness (QED) is 0.178. The molecule has 0 amide bonds. The second-order valence-corrected chi connectivity index (χ2v) is 16.6. The van der Waals surface area contributed by atoms with Crippen molar-refractivity contribution < 1.29 is 0 Å². The van der Waals surface area contributed by atoms with E-state index in [2.05, 4.69) is 157 Å². The molecule has 0 aliphatic carbocycles. The van der Waals surface area contributed by atoms with Gasteiger partial charge in [-0.15, -0.1) is 0 Å². The summed E-state index contributed by atoms with van der Waals surface area (Å²) in [6.45, 7) is 20.9. The first-order valence-electron chi connectivity index (χ1n) is 19.3. The molecule has 0 radical (unpaired) electrons. The highest BCUT2D eigenvalue weighted by atomic mass is 15.0. The Kier molecular flexibility index (Phi) is 7.56. The number of rotatable bonds is 6. The van der Waals surface area contributed by atoms with Crippen molar-refractivity contribution in [2.24, 2.45) is 0 Å². The van der Waals surface area contributed by atoms with Gasteiger partial charge < -0.3 is 9.88 Å². The van der Waals surface area contributed by atoms with E-state index in [9.17, 15) is 0 Å². The average Bonchev–Trinajstić information content (AvgIpc) is 3.47. The average molecular weight is 678 g/mol. The van der Waals surface area contributed by atoms with Gasteiger partial charge in [0.25, 0.3) is 6.71 Å². The van der Waals surface area contributed by atoms with Crippen LogP contribution in [0, 0.1) is 6.92 Å². The Labute approximate surface area is 309 Å². The minimum atomic E-state index is 0.0765. The van der Waals surface area contributed by atoms with Gasteiger partial charge in [0.15, 0.2) is 0 Å². The van der Waals surface area contributed by atoms with Gasteiger partial charge >= 0.3 is 0 Å². The van der Waals surface area contributed by atoms with Crippen LogP contribution in [0.5, 0.6) is 0 Å². The summed E-state index contributed by atoms with van der Waals surface area (Å²) in [6, 6.07) is 35.2. The third-order valence-corrected chi connectivity index (χ3v) is 11.9. The zero-order valence-corrected chi connectivity index (χ0v) is 32.0. The van der Waals surface area contributed by atoms with E-state index in [1.54, 1.807) is 0 Å². The molecule has 5 aromatic carbocycles. The second kappa shape index (κ2) is 12.0. The number of hydrogen-bond acceptors (Lipinski definition) is 2. The van der Waals surface area contributed by atoms with Crippen LogP contribution in [-0.2, 0) is 0 Å². The predicted molar refractivity (Wildman–Crippen MR) is 225 cm³/mol. The third kappa shape index (κ3) is 4.90. The fourth-order valence-corrected chi connectivity index (χ4v) is 8.80. The molecule has 4 heteroatoms. The number of aromatic nitrogens is 2. The van der Waals surface area contributed by atoms with Gasteiger partial charge in [-0.3, -0.25) is 4.98 Å². The van der Waals surface area contributed by atoms with E-state index in [-0.39, 0.29) is 6.71 Å². The fraction of sp³-hybridized carbons (Fsp3) is 0.271. The summed E-state index contributed by atoms with van der Waals surface area (Å²) in [5.74, 6) is 1.69. The molecule has 258 valence electrons. The Morgan fingerprint density at radius 2 is 1.27 bits per heavy atom. The van der Waals surface area contributed by atoms with Crippen molar-refractivity contribution in [3.8, 4) is 28.1 Å². The number of aryl methyl sites for hydroxylation is 1. The molecular formula is C48H48BN3. The van der Waals surface area contributed by atoms with Crippen LogP contribution in [0.2, 0.25) is 0 Å². The standard InChI is InChI=1S/C48H48BN3/c1-26(2)31-14-13-30(9)36(18-31)38-20-33(28(5)6)22-40-47(38)51-43-24-35(42-12-10-11-17-50-42)25-45-46(43)49(40)41-23-34(29(7)8)21-39-37-19-32(27(3)4)15-16-44(37)52(45)48(39)41/h10-29,51H,1-9H3. The van der Waals surface area contributed by atoms with Crippen molar-refractivity contribution in [3.63, 3.8) is 0 Å². The van der Waals surface area contributed by atoms with Crippen LogP contribution in [0.1, 0.15) is 107 Å². The molecule has 0 spiro atoms. The summed E-state index contributed by atoms with van der Waals surface area (Å²) in [4.78, 5) is 4.86. The highest BCUT2D eigenvalue weighted by Gasteiger charge is 2.41. The molecule has 2 aromatic heterocycles. The zero-order chi connectivity index (χ0) is 36.2. The first-order chi connectivity index (χ1) is 25.0. The molecule has 9 rings (SSSR count). The van der Waals surface area contributed by atoms with Gasteiger partial charge in [0.05, 0.1) is 11.2 Å². The van der Waals surface area contributed by atoms with E-state index in [1.807, 2.05) is 12.3 Å². The lowest BCUT2D eigenvalue weighted by Crippen LogP contribution is -2.59. The van der Waals surface area contributed by atoms with Crippen molar-refractivity contribution in [2.75, 3.05) is 5.32 Å². The maximum absolute atomic E-state index is 4.86. The molecule has 4 heterocycles. The lowest BCUT2D eigenvalue weighted by atomic mass is 9.33. The summed E-state index contributed by atoms with van der Waals surface area (Å²) in [6.07, 6.45) is 1.90. The molecular weight excluding hydrogens is 629 g/mol. The van der Waals surface area contributed by atoms with Gasteiger partial charge in [0.2, 0.25) is 0 Å². The maximum atomic E-state index is 4.86. The van der Waals surface area contributed by atoms with Gasteiger partial charge in [-0.25, -0.2) is 0 Å². The largest absolute Gasteiger partial charge is 0.356 e. The van der Waals surface area contributed by atoms with Gasteiger partial charge in [-0.1, -0.05) is 97.9 Å². The van der Waals surface area contributed by atoms with Gasteiger partial charge in [-0.2, -0.15) is 0 Å². The summed E-state index contributed by atoms with van der Waals surface area (Å²) >= 11 is 0. The van der Waals surface area contributed by atoms with Gasteiger partial charge in [0, 0.05) is 50.7 Å². The van der Waals surface area contributed by atoms with Gasteiger partial charge in [-0.05, 0) is 129 Å². The lowest BCUT2D eigenvalue weighted by Gasteiger charge is -2.36. The van der Waals surface area contributed by atoms with Crippen LogP contribution in [0.15, 0.2) is 97.2 Å². The molecule has 0 fully saturated rings. The SMILES string of the molecule is Cc1ccc(C(C)C)cc1-c1cc(C(C)C)cc2c1Nc1cc(-c3ccccn3)cc3c1B2c1cc(C(C)C)cc2c4cc(C(C)C)ccc4n-3c12. The molecule has 0 saturated heterocycles. The number of nitrogens with zero attached hydrogens (tertiary/aromatic N) is 2. The number of anilines is 2. The minimum absolute atomic E-state index is 0.0765. The fourth-order valence-electron chi connectivity index (χ4n) is 8.80. The molecule has 2 aliphatic heterocycles. The topological polar surface area (TPSA) is 29.9 Å². The molecule has 2 aliphatic rings. The molecule has 0 saturated carbocycles. The van der Waals surface area contributed by atoms with E-state index < -0.39 is 0 Å². The molecule has 0 atom stereocenters. The summed E-state index contributed by atoms with van der Waals surface area (Å²) < 4.78 is 2.58. The number of nitrogens with one attached hydrogen (secondary N) is 1. The molecule has 0 bridgehead atoms. The van der Waals surface area contributed by atoms with Gasteiger partial charge in [0.1, 0.15) is 0 Å². The third-order valence-electron chi connectivity index (χ3n) is 11.9. The second-order valence-electron chi connectivity index (χ2n) is 16.6. The highest BCUT2D eigenvalue weighted by Crippen LogP contribution is 2.43. The van der Waals surface area contributed by atoms with Crippen molar-refractivity contribution >= 4 is 56.3 Å². The summed E-state index contributed by atoms with van der Waals surface area (Å²) in [5.41, 5.74) is 21.9. The van der Waals surface area contributed by atoms with Crippen LogP contribution in [-0.4, -0.2) is 16.3 Å². The van der Waals surface area contributed by atoms with Crippen LogP contribution in [0.3, 0.4) is 0 Å². The molecule has 1 N–H and O–H groups in total.